The van der Waals surface area contributed by atoms with Gasteiger partial charge < -0.3 is 0 Å². The molecule has 258 valence electrons. The predicted octanol–water partition coefficient (Wildman–Crippen LogP) is 13.9. The summed E-state index contributed by atoms with van der Waals surface area (Å²) in [7, 11) is 0. The maximum absolute atomic E-state index is 2.69. The van der Waals surface area contributed by atoms with E-state index in [9.17, 15) is 0 Å². The molecular formula is C50H52S. The van der Waals surface area contributed by atoms with Crippen LogP contribution in [0.3, 0.4) is 0 Å². The highest BCUT2D eigenvalue weighted by molar-refractivity contribution is 7.26. The van der Waals surface area contributed by atoms with Crippen molar-refractivity contribution in [3.63, 3.8) is 0 Å². The van der Waals surface area contributed by atoms with Crippen LogP contribution in [-0.4, -0.2) is 0 Å². The van der Waals surface area contributed by atoms with Crippen molar-refractivity contribution in [1.29, 1.82) is 0 Å². The maximum atomic E-state index is 2.69. The van der Waals surface area contributed by atoms with Gasteiger partial charge in [-0.3, -0.25) is 0 Å². The first-order valence-electron chi connectivity index (χ1n) is 19.6. The molecule has 51 heavy (non-hydrogen) atoms. The Balaban J connectivity index is 1.35. The molecule has 1 fully saturated rings. The largest absolute Gasteiger partial charge is 0.135 e. The molecule has 1 heterocycles. The molecule has 6 aromatic rings. The maximum Gasteiger partial charge on any atom is 0.0397 e. The van der Waals surface area contributed by atoms with E-state index in [4.69, 9.17) is 0 Å². The van der Waals surface area contributed by atoms with E-state index in [0.717, 1.165) is 0 Å². The Morgan fingerprint density at radius 2 is 1.27 bits per heavy atom. The van der Waals surface area contributed by atoms with Crippen molar-refractivity contribution in [2.24, 2.45) is 5.41 Å². The molecule has 1 aromatic heterocycles. The fourth-order valence-electron chi connectivity index (χ4n) is 11.6. The SMILES string of the molecule is Cc1cc2c3c(c1)C1c4c(cc(C(C)(C)C)cc4C4(C)CCCCC14C)C3c1ccc(C(C)(C)C)cc1C2c1cccc2c1sc1ccccc12. The zero-order valence-corrected chi connectivity index (χ0v) is 32.9. The minimum atomic E-state index is 0.0607. The van der Waals surface area contributed by atoms with Crippen molar-refractivity contribution in [1.82, 2.24) is 0 Å². The van der Waals surface area contributed by atoms with Gasteiger partial charge in [0.05, 0.1) is 0 Å². The van der Waals surface area contributed by atoms with Crippen LogP contribution in [0.15, 0.2) is 84.9 Å². The molecule has 4 aliphatic rings. The first kappa shape index (κ1) is 32.0. The highest BCUT2D eigenvalue weighted by Crippen LogP contribution is 2.72. The number of aryl methyl sites for hydroxylation is 1. The summed E-state index contributed by atoms with van der Waals surface area (Å²) < 4.78 is 2.83. The molecule has 5 aromatic carbocycles. The van der Waals surface area contributed by atoms with Gasteiger partial charge >= 0.3 is 0 Å². The van der Waals surface area contributed by atoms with Crippen molar-refractivity contribution in [3.05, 3.63) is 152 Å². The zero-order chi connectivity index (χ0) is 35.4. The fraction of sp³-hybridized carbons (Fsp3) is 0.400. The van der Waals surface area contributed by atoms with Crippen molar-refractivity contribution in [2.45, 2.75) is 122 Å². The number of hydrogen-bond donors (Lipinski definition) is 0. The topological polar surface area (TPSA) is 0 Å². The number of rotatable bonds is 1. The number of thiophene rings is 1. The van der Waals surface area contributed by atoms with Crippen LogP contribution in [0, 0.1) is 12.3 Å². The van der Waals surface area contributed by atoms with Gasteiger partial charge in [-0.1, -0.05) is 153 Å². The monoisotopic (exact) mass is 684 g/mol. The second-order valence-electron chi connectivity index (χ2n) is 19.3. The Bertz CT molecular complexity index is 2460. The van der Waals surface area contributed by atoms with Crippen LogP contribution in [-0.2, 0) is 16.2 Å². The highest BCUT2D eigenvalue weighted by Gasteiger charge is 2.62. The molecule has 1 saturated carbocycles. The minimum Gasteiger partial charge on any atom is -0.135 e. The standard InChI is InChI=1S/C50H52S/c1-28-23-36-41(34-17-14-16-33-31-15-10-11-18-40(31)51-46(33)34)35-25-29(47(2,3)4)19-20-32(35)42-37-26-30(48(5,6)7)27-39-44(37)45(38(24-28)43(36)42)50(9)22-13-12-21-49(39,50)8/h10-11,14-20,23-27,41-42,45H,12-13,21-22H2,1-9H3. The lowest BCUT2D eigenvalue weighted by Crippen LogP contribution is -2.43. The van der Waals surface area contributed by atoms with Crippen LogP contribution in [0.1, 0.15) is 166 Å². The molecule has 5 unspecified atom stereocenters. The molecule has 4 aliphatic carbocycles. The Morgan fingerprint density at radius 1 is 0.588 bits per heavy atom. The van der Waals surface area contributed by atoms with Crippen molar-refractivity contribution in [3.8, 4) is 0 Å². The van der Waals surface area contributed by atoms with Gasteiger partial charge in [0.1, 0.15) is 0 Å². The van der Waals surface area contributed by atoms with Crippen LogP contribution in [0.25, 0.3) is 20.2 Å². The third kappa shape index (κ3) is 4.14. The summed E-state index contributed by atoms with van der Waals surface area (Å²) in [4.78, 5) is 0. The molecule has 0 nitrogen and oxygen atoms in total. The predicted molar refractivity (Wildman–Crippen MR) is 218 cm³/mol. The summed E-state index contributed by atoms with van der Waals surface area (Å²) in [6.07, 6.45) is 5.27. The summed E-state index contributed by atoms with van der Waals surface area (Å²) in [6.45, 7) is 22.1. The smallest absolute Gasteiger partial charge is 0.0397 e. The quantitative estimate of drug-likeness (QED) is 0.161. The minimum absolute atomic E-state index is 0.0607. The third-order valence-electron chi connectivity index (χ3n) is 14.4. The van der Waals surface area contributed by atoms with Crippen LogP contribution >= 0.6 is 11.3 Å². The Labute approximate surface area is 309 Å². The lowest BCUT2D eigenvalue weighted by atomic mass is 9.52. The molecule has 10 rings (SSSR count). The van der Waals surface area contributed by atoms with E-state index in [1.165, 1.54) is 79.2 Å². The summed E-state index contributed by atoms with van der Waals surface area (Å²) in [6, 6.07) is 34.4. The van der Waals surface area contributed by atoms with Gasteiger partial charge in [0.25, 0.3) is 0 Å². The van der Waals surface area contributed by atoms with E-state index >= 15 is 0 Å². The van der Waals surface area contributed by atoms with E-state index < -0.39 is 0 Å². The van der Waals surface area contributed by atoms with Crippen LogP contribution in [0.4, 0.5) is 0 Å². The first-order valence-corrected chi connectivity index (χ1v) is 20.4. The fourth-order valence-corrected chi connectivity index (χ4v) is 12.8. The molecule has 0 aliphatic heterocycles. The Kier molecular flexibility index (Phi) is 6.44. The molecule has 5 atom stereocenters. The zero-order valence-electron chi connectivity index (χ0n) is 32.1. The second kappa shape index (κ2) is 10.3. The molecule has 0 radical (unpaired) electrons. The molecule has 0 spiro atoms. The average molecular weight is 685 g/mol. The first-order chi connectivity index (χ1) is 24.2. The number of benzene rings is 5. The van der Waals surface area contributed by atoms with Gasteiger partial charge in [-0.25, -0.2) is 0 Å². The van der Waals surface area contributed by atoms with E-state index in [2.05, 4.69) is 147 Å². The molecule has 0 N–H and O–H groups in total. The lowest BCUT2D eigenvalue weighted by Gasteiger charge is -2.51. The number of fused-ring (bicyclic) bond motifs is 10. The van der Waals surface area contributed by atoms with Gasteiger partial charge in [0, 0.05) is 37.9 Å². The van der Waals surface area contributed by atoms with Gasteiger partial charge in [-0.15, -0.1) is 11.3 Å². The van der Waals surface area contributed by atoms with Gasteiger partial charge in [0.2, 0.25) is 0 Å². The van der Waals surface area contributed by atoms with Gasteiger partial charge in [0.15, 0.2) is 0 Å². The normalized spacial score (nSPS) is 26.2. The van der Waals surface area contributed by atoms with E-state index in [1.807, 2.05) is 11.3 Å². The van der Waals surface area contributed by atoms with Crippen molar-refractivity contribution in [2.75, 3.05) is 0 Å². The Morgan fingerprint density at radius 3 is 2.06 bits per heavy atom. The number of hydrogen-bond acceptors (Lipinski definition) is 1. The third-order valence-corrected chi connectivity index (χ3v) is 15.6. The molecular weight excluding hydrogens is 633 g/mol. The summed E-state index contributed by atoms with van der Waals surface area (Å²) in [5, 5.41) is 2.78. The van der Waals surface area contributed by atoms with Gasteiger partial charge in [-0.2, -0.15) is 0 Å². The summed E-state index contributed by atoms with van der Waals surface area (Å²) in [5.74, 6) is 0.864. The average Bonchev–Trinajstić information content (AvgIpc) is 3.56. The van der Waals surface area contributed by atoms with Crippen LogP contribution in [0.5, 0.6) is 0 Å². The Hall–Kier alpha value is -3.68. The van der Waals surface area contributed by atoms with Crippen molar-refractivity contribution < 1.29 is 0 Å². The van der Waals surface area contributed by atoms with Crippen LogP contribution < -0.4 is 0 Å². The van der Waals surface area contributed by atoms with E-state index in [1.54, 1.807) is 33.4 Å². The second-order valence-corrected chi connectivity index (χ2v) is 20.4. The molecule has 1 heteroatoms. The molecule has 0 amide bonds. The highest BCUT2D eigenvalue weighted by atomic mass is 32.1. The van der Waals surface area contributed by atoms with Crippen molar-refractivity contribution >= 4 is 31.5 Å². The molecule has 0 bridgehead atoms. The van der Waals surface area contributed by atoms with E-state index in [-0.39, 0.29) is 33.5 Å². The van der Waals surface area contributed by atoms with Gasteiger partial charge in [-0.05, 0) is 109 Å². The lowest BCUT2D eigenvalue weighted by molar-refractivity contribution is 0.0914. The van der Waals surface area contributed by atoms with E-state index in [0.29, 0.717) is 5.92 Å². The summed E-state index contributed by atoms with van der Waals surface area (Å²) in [5.41, 5.74) is 19.2. The summed E-state index contributed by atoms with van der Waals surface area (Å²) >= 11 is 1.99. The van der Waals surface area contributed by atoms with Crippen LogP contribution in [0.2, 0.25) is 0 Å². The molecule has 0 saturated heterocycles.